The summed E-state index contributed by atoms with van der Waals surface area (Å²) < 4.78 is 43.1. The molecular formula is C30H36FN3O3S. The van der Waals surface area contributed by atoms with Crippen LogP contribution in [0.25, 0.3) is 0 Å². The van der Waals surface area contributed by atoms with Gasteiger partial charge < -0.3 is 5.32 Å². The molecule has 1 amide bonds. The van der Waals surface area contributed by atoms with Gasteiger partial charge in [0.15, 0.2) is 0 Å². The Morgan fingerprint density at radius 2 is 1.47 bits per heavy atom. The van der Waals surface area contributed by atoms with Crippen LogP contribution in [0.2, 0.25) is 0 Å². The second kappa shape index (κ2) is 12.7. The Labute approximate surface area is 225 Å². The van der Waals surface area contributed by atoms with E-state index in [2.05, 4.69) is 41.2 Å². The van der Waals surface area contributed by atoms with Crippen LogP contribution in [0.3, 0.4) is 0 Å². The third-order valence-electron chi connectivity index (χ3n) is 7.39. The van der Waals surface area contributed by atoms with Gasteiger partial charge in [-0.05, 0) is 66.5 Å². The third kappa shape index (κ3) is 7.28. The molecule has 3 aromatic rings. The van der Waals surface area contributed by atoms with Crippen LogP contribution in [0.1, 0.15) is 42.0 Å². The van der Waals surface area contributed by atoms with E-state index in [1.807, 2.05) is 30.3 Å². The Bertz CT molecular complexity index is 1290. The van der Waals surface area contributed by atoms with Crippen LogP contribution in [-0.4, -0.2) is 38.3 Å². The van der Waals surface area contributed by atoms with Crippen molar-refractivity contribution in [3.8, 4) is 0 Å². The molecule has 0 aliphatic carbocycles. The molecule has 1 heterocycles. The van der Waals surface area contributed by atoms with Crippen molar-refractivity contribution in [3.05, 3.63) is 107 Å². The fourth-order valence-electron chi connectivity index (χ4n) is 4.94. The number of aryl methyl sites for hydroxylation is 1. The highest BCUT2D eigenvalue weighted by atomic mass is 32.2. The van der Waals surface area contributed by atoms with Crippen LogP contribution in [-0.2, 0) is 40.8 Å². The number of nitrogens with zero attached hydrogens (tertiary/aromatic N) is 1. The second-order valence-electron chi connectivity index (χ2n) is 9.97. The van der Waals surface area contributed by atoms with E-state index in [9.17, 15) is 17.6 Å². The maximum Gasteiger partial charge on any atom is 0.279 e. The minimum atomic E-state index is -3.74. The molecule has 4 rings (SSSR count). The molecule has 0 aromatic heterocycles. The summed E-state index contributed by atoms with van der Waals surface area (Å²) in [6.45, 7) is 3.23. The number of carbonyl (C=O) groups excluding carboxylic acids is 1. The first-order valence-electron chi connectivity index (χ1n) is 13.2. The van der Waals surface area contributed by atoms with E-state index in [1.165, 1.54) is 27.6 Å². The van der Waals surface area contributed by atoms with Gasteiger partial charge >= 0.3 is 0 Å². The van der Waals surface area contributed by atoms with Gasteiger partial charge in [0.2, 0.25) is 5.91 Å². The molecule has 3 aromatic carbocycles. The molecule has 0 atom stereocenters. The molecule has 0 saturated carbocycles. The number of halogens is 1. The zero-order valence-corrected chi connectivity index (χ0v) is 22.6. The largest absolute Gasteiger partial charge is 0.355 e. The molecule has 6 nitrogen and oxygen atoms in total. The summed E-state index contributed by atoms with van der Waals surface area (Å²) >= 11 is 0. The maximum absolute atomic E-state index is 13.6. The highest BCUT2D eigenvalue weighted by Gasteiger charge is 2.43. The first-order valence-corrected chi connectivity index (χ1v) is 14.6. The average Bonchev–Trinajstić information content (AvgIpc) is 2.94. The predicted molar refractivity (Wildman–Crippen MR) is 148 cm³/mol. The van der Waals surface area contributed by atoms with Crippen LogP contribution in [0.15, 0.2) is 78.9 Å². The fourth-order valence-corrected chi connectivity index (χ4v) is 6.14. The van der Waals surface area contributed by atoms with Crippen molar-refractivity contribution in [3.63, 3.8) is 0 Å². The molecule has 1 fully saturated rings. The summed E-state index contributed by atoms with van der Waals surface area (Å²) in [5, 5.41) is 3.14. The van der Waals surface area contributed by atoms with Crippen molar-refractivity contribution >= 4 is 16.1 Å². The topological polar surface area (TPSA) is 78.5 Å². The Kier molecular flexibility index (Phi) is 9.31. The molecule has 38 heavy (non-hydrogen) atoms. The van der Waals surface area contributed by atoms with E-state index in [0.29, 0.717) is 31.4 Å². The van der Waals surface area contributed by atoms with Crippen molar-refractivity contribution in [2.45, 2.75) is 45.6 Å². The van der Waals surface area contributed by atoms with Crippen molar-refractivity contribution in [1.29, 1.82) is 0 Å². The van der Waals surface area contributed by atoms with E-state index in [4.69, 9.17) is 0 Å². The first kappa shape index (κ1) is 28.0. The summed E-state index contributed by atoms with van der Waals surface area (Å²) in [4.78, 5) is 13.6. The lowest BCUT2D eigenvalue weighted by Gasteiger charge is -2.40. The number of hydrogen-bond donors (Lipinski definition) is 2. The van der Waals surface area contributed by atoms with Gasteiger partial charge in [-0.2, -0.15) is 17.4 Å². The van der Waals surface area contributed by atoms with Gasteiger partial charge in [-0.3, -0.25) is 4.79 Å². The van der Waals surface area contributed by atoms with Crippen molar-refractivity contribution in [2.75, 3.05) is 19.6 Å². The zero-order chi connectivity index (χ0) is 27.0. The number of carbonyl (C=O) groups is 1. The van der Waals surface area contributed by atoms with Gasteiger partial charge in [-0.25, -0.2) is 4.39 Å². The lowest BCUT2D eigenvalue weighted by atomic mass is 9.73. The Hall–Kier alpha value is -3.07. The zero-order valence-electron chi connectivity index (χ0n) is 21.8. The minimum absolute atomic E-state index is 0.0251. The summed E-state index contributed by atoms with van der Waals surface area (Å²) in [6.07, 6.45) is 3.15. The van der Waals surface area contributed by atoms with E-state index in [1.54, 1.807) is 12.1 Å². The number of rotatable bonds is 11. The van der Waals surface area contributed by atoms with Crippen LogP contribution in [0, 0.1) is 11.2 Å². The number of piperidine rings is 1. The monoisotopic (exact) mass is 537 g/mol. The normalized spacial score (nSPS) is 15.7. The van der Waals surface area contributed by atoms with Crippen LogP contribution < -0.4 is 10.0 Å². The summed E-state index contributed by atoms with van der Waals surface area (Å²) in [5.41, 5.74) is 3.51. The average molecular weight is 538 g/mol. The van der Waals surface area contributed by atoms with Gasteiger partial charge in [0.25, 0.3) is 10.2 Å². The lowest BCUT2D eigenvalue weighted by molar-refractivity contribution is -0.133. The second-order valence-corrected chi connectivity index (χ2v) is 11.7. The number of benzene rings is 3. The quantitative estimate of drug-likeness (QED) is 0.381. The highest BCUT2D eigenvalue weighted by Crippen LogP contribution is 2.36. The van der Waals surface area contributed by atoms with Crippen LogP contribution >= 0.6 is 0 Å². The number of hydrogen-bond acceptors (Lipinski definition) is 3. The maximum atomic E-state index is 13.6. The van der Waals surface area contributed by atoms with Gasteiger partial charge in [0, 0.05) is 26.2 Å². The fraction of sp³-hybridized carbons (Fsp3) is 0.367. The minimum Gasteiger partial charge on any atom is -0.355 e. The molecule has 1 aliphatic rings. The highest BCUT2D eigenvalue weighted by molar-refractivity contribution is 7.87. The van der Waals surface area contributed by atoms with Gasteiger partial charge in [-0.1, -0.05) is 73.7 Å². The molecular weight excluding hydrogens is 501 g/mol. The predicted octanol–water partition coefficient (Wildman–Crippen LogP) is 4.41. The molecule has 8 heteroatoms. The Balaban J connectivity index is 1.39. The summed E-state index contributed by atoms with van der Waals surface area (Å²) in [6, 6.07) is 24.1. The van der Waals surface area contributed by atoms with Crippen molar-refractivity contribution < 1.29 is 17.6 Å². The Morgan fingerprint density at radius 3 is 2.11 bits per heavy atom. The van der Waals surface area contributed by atoms with E-state index in [-0.39, 0.29) is 31.4 Å². The molecule has 202 valence electrons. The molecule has 1 aliphatic heterocycles. The van der Waals surface area contributed by atoms with E-state index < -0.39 is 15.6 Å². The van der Waals surface area contributed by atoms with E-state index >= 15 is 0 Å². The molecule has 0 unspecified atom stereocenters. The van der Waals surface area contributed by atoms with Gasteiger partial charge in [0.05, 0.1) is 5.41 Å². The van der Waals surface area contributed by atoms with E-state index in [0.717, 1.165) is 18.4 Å². The summed E-state index contributed by atoms with van der Waals surface area (Å²) in [5.74, 6) is -0.391. The molecule has 1 saturated heterocycles. The molecule has 0 bridgehead atoms. The van der Waals surface area contributed by atoms with Crippen molar-refractivity contribution in [1.82, 2.24) is 14.3 Å². The first-order chi connectivity index (χ1) is 18.3. The summed E-state index contributed by atoms with van der Waals surface area (Å²) in [7, 11) is -3.74. The third-order valence-corrected chi connectivity index (χ3v) is 8.94. The van der Waals surface area contributed by atoms with Crippen LogP contribution in [0.4, 0.5) is 4.39 Å². The lowest BCUT2D eigenvalue weighted by Crippen LogP contribution is -2.53. The van der Waals surface area contributed by atoms with Gasteiger partial charge in [0.1, 0.15) is 5.82 Å². The number of nitrogens with one attached hydrogen (secondary N) is 2. The standard InChI is InChI=1S/C30H36FN3O3S/c1-2-24-8-10-25(11-9-24)16-19-32-29(35)30(22-26-6-4-3-5-7-26)17-20-34(21-18-30)38(36,37)33-23-27-12-14-28(31)15-13-27/h3-15,33H,2,16-23H2,1H3,(H,32,35). The van der Waals surface area contributed by atoms with Crippen molar-refractivity contribution in [2.24, 2.45) is 5.41 Å². The SMILES string of the molecule is CCc1ccc(CCNC(=O)C2(Cc3ccccc3)CCN(S(=O)(=O)NCc3ccc(F)cc3)CC2)cc1. The molecule has 0 radical (unpaired) electrons. The Morgan fingerprint density at radius 1 is 0.868 bits per heavy atom. The number of amides is 1. The molecule has 0 spiro atoms. The van der Waals surface area contributed by atoms with Crippen LogP contribution in [0.5, 0.6) is 0 Å². The molecule has 2 N–H and O–H groups in total. The van der Waals surface area contributed by atoms with Gasteiger partial charge in [-0.15, -0.1) is 0 Å². The smallest absolute Gasteiger partial charge is 0.279 e.